The third-order valence-electron chi connectivity index (χ3n) is 2.34. The first-order valence-corrected chi connectivity index (χ1v) is 6.82. The van der Waals surface area contributed by atoms with Crippen LogP contribution < -0.4 is 0 Å². The van der Waals surface area contributed by atoms with Gasteiger partial charge in [-0.3, -0.25) is 0 Å². The molecule has 0 aliphatic heterocycles. The van der Waals surface area contributed by atoms with E-state index in [0.29, 0.717) is 18.4 Å². The van der Waals surface area contributed by atoms with Gasteiger partial charge in [0.25, 0.3) is 0 Å². The van der Waals surface area contributed by atoms with Gasteiger partial charge in [-0.15, -0.1) is 0 Å². The van der Waals surface area contributed by atoms with Crippen molar-refractivity contribution in [2.75, 3.05) is 6.61 Å². The molecule has 0 atom stereocenters. The van der Waals surface area contributed by atoms with Crippen LogP contribution in [0.5, 0.6) is 0 Å². The zero-order chi connectivity index (χ0) is 15.0. The Morgan fingerprint density at radius 2 is 1.85 bits per heavy atom. The highest BCUT2D eigenvalue weighted by Gasteiger charge is 2.24. The molecule has 0 spiro atoms. The van der Waals surface area contributed by atoms with Gasteiger partial charge >= 0.3 is 12.1 Å². The fourth-order valence-corrected chi connectivity index (χ4v) is 1.63. The summed E-state index contributed by atoms with van der Waals surface area (Å²) in [6.07, 6.45) is -1.62. The van der Waals surface area contributed by atoms with Crippen molar-refractivity contribution in [3.63, 3.8) is 0 Å². The SMILES string of the molecule is O=C(OCCC/C=C/CC(F)(F)F)c1ccc(Br)cc1. The molecule has 1 aromatic rings. The second kappa shape index (κ2) is 8.09. The molecule has 0 fully saturated rings. The van der Waals surface area contributed by atoms with Crippen LogP contribution in [0.2, 0.25) is 0 Å². The number of hydrogen-bond acceptors (Lipinski definition) is 2. The van der Waals surface area contributed by atoms with E-state index in [4.69, 9.17) is 4.74 Å². The summed E-state index contributed by atoms with van der Waals surface area (Å²) in [6.45, 7) is 0.186. The predicted molar refractivity (Wildman–Crippen MR) is 73.5 cm³/mol. The maximum Gasteiger partial charge on any atom is 0.392 e. The fourth-order valence-electron chi connectivity index (χ4n) is 1.37. The zero-order valence-corrected chi connectivity index (χ0v) is 12.2. The summed E-state index contributed by atoms with van der Waals surface area (Å²) in [7, 11) is 0. The van der Waals surface area contributed by atoms with Gasteiger partial charge in [0, 0.05) is 4.47 Å². The topological polar surface area (TPSA) is 26.3 Å². The monoisotopic (exact) mass is 350 g/mol. The molecule has 0 aromatic heterocycles. The maximum atomic E-state index is 11.8. The van der Waals surface area contributed by atoms with Crippen LogP contribution >= 0.6 is 15.9 Å². The number of rotatable bonds is 6. The second-order valence-electron chi connectivity index (χ2n) is 4.08. The Morgan fingerprint density at radius 1 is 1.20 bits per heavy atom. The number of ether oxygens (including phenoxy) is 1. The Morgan fingerprint density at radius 3 is 2.45 bits per heavy atom. The van der Waals surface area contributed by atoms with Crippen molar-refractivity contribution in [2.45, 2.75) is 25.4 Å². The first-order chi connectivity index (χ1) is 9.38. The van der Waals surface area contributed by atoms with E-state index in [2.05, 4.69) is 15.9 Å². The highest BCUT2D eigenvalue weighted by atomic mass is 79.9. The van der Waals surface area contributed by atoms with Crippen molar-refractivity contribution < 1.29 is 22.7 Å². The minimum Gasteiger partial charge on any atom is -0.462 e. The molecule has 0 bridgehead atoms. The number of halogens is 4. The van der Waals surface area contributed by atoms with E-state index in [-0.39, 0.29) is 6.61 Å². The van der Waals surface area contributed by atoms with Crippen LogP contribution in [0.25, 0.3) is 0 Å². The average molecular weight is 351 g/mol. The molecule has 1 aromatic carbocycles. The van der Waals surface area contributed by atoms with Gasteiger partial charge in [0.05, 0.1) is 18.6 Å². The highest BCUT2D eigenvalue weighted by molar-refractivity contribution is 9.10. The van der Waals surface area contributed by atoms with Crippen molar-refractivity contribution in [1.82, 2.24) is 0 Å². The van der Waals surface area contributed by atoms with E-state index in [1.54, 1.807) is 24.3 Å². The molecule has 0 radical (unpaired) electrons. The molecule has 1 rings (SSSR count). The Balaban J connectivity index is 2.18. The molecule has 2 nitrogen and oxygen atoms in total. The fraction of sp³-hybridized carbons (Fsp3) is 0.357. The van der Waals surface area contributed by atoms with Crippen molar-refractivity contribution in [3.05, 3.63) is 46.5 Å². The lowest BCUT2D eigenvalue weighted by molar-refractivity contribution is -0.125. The summed E-state index contributed by atoms with van der Waals surface area (Å²) >= 11 is 3.26. The van der Waals surface area contributed by atoms with Gasteiger partial charge in [-0.25, -0.2) is 4.79 Å². The van der Waals surface area contributed by atoms with Gasteiger partial charge in [-0.1, -0.05) is 28.1 Å². The number of unbranched alkanes of at least 4 members (excludes halogenated alkanes) is 1. The predicted octanol–water partition coefficient (Wildman–Crippen LogP) is 4.89. The standard InChI is InChI=1S/C14H14BrF3O2/c15-12-7-5-11(6-8-12)13(19)20-10-4-2-1-3-9-14(16,17)18/h1,3,5-8H,2,4,9-10H2/b3-1+. The third kappa shape index (κ3) is 7.33. The molecule has 6 heteroatoms. The van der Waals surface area contributed by atoms with Crippen molar-refractivity contribution >= 4 is 21.9 Å². The number of allylic oxidation sites excluding steroid dienone is 2. The van der Waals surface area contributed by atoms with Crippen LogP contribution in [0, 0.1) is 0 Å². The second-order valence-corrected chi connectivity index (χ2v) is 4.99. The van der Waals surface area contributed by atoms with Crippen LogP contribution in [0.4, 0.5) is 13.2 Å². The molecule has 20 heavy (non-hydrogen) atoms. The van der Waals surface area contributed by atoms with E-state index in [9.17, 15) is 18.0 Å². The Labute approximate surface area is 123 Å². The lowest BCUT2D eigenvalue weighted by Gasteiger charge is -2.04. The van der Waals surface area contributed by atoms with E-state index in [1.165, 1.54) is 6.08 Å². The molecule has 0 aliphatic rings. The van der Waals surface area contributed by atoms with E-state index in [0.717, 1.165) is 10.5 Å². The van der Waals surface area contributed by atoms with Gasteiger partial charge in [-0.05, 0) is 37.1 Å². The summed E-state index contributed by atoms with van der Waals surface area (Å²) in [5.74, 6) is -0.434. The van der Waals surface area contributed by atoms with Gasteiger partial charge in [-0.2, -0.15) is 13.2 Å². The van der Waals surface area contributed by atoms with Crippen molar-refractivity contribution in [1.29, 1.82) is 0 Å². The molecule has 110 valence electrons. The summed E-state index contributed by atoms with van der Waals surface area (Å²) in [5, 5.41) is 0. The van der Waals surface area contributed by atoms with Crippen LogP contribution in [-0.2, 0) is 4.74 Å². The lowest BCUT2D eigenvalue weighted by Crippen LogP contribution is -2.06. The third-order valence-corrected chi connectivity index (χ3v) is 2.87. The first-order valence-electron chi connectivity index (χ1n) is 6.03. The minimum atomic E-state index is -4.16. The summed E-state index contributed by atoms with van der Waals surface area (Å²) in [6, 6.07) is 6.73. The maximum absolute atomic E-state index is 11.8. The van der Waals surface area contributed by atoms with E-state index in [1.807, 2.05) is 0 Å². The van der Waals surface area contributed by atoms with Crippen LogP contribution in [-0.4, -0.2) is 18.8 Å². The number of benzene rings is 1. The first kappa shape index (κ1) is 16.8. The Hall–Kier alpha value is -1.30. The van der Waals surface area contributed by atoms with Gasteiger partial charge in [0.1, 0.15) is 0 Å². The zero-order valence-electron chi connectivity index (χ0n) is 10.6. The minimum absolute atomic E-state index is 0.186. The summed E-state index contributed by atoms with van der Waals surface area (Å²) < 4.78 is 41.4. The molecular weight excluding hydrogens is 337 g/mol. The highest BCUT2D eigenvalue weighted by Crippen LogP contribution is 2.19. The summed E-state index contributed by atoms with van der Waals surface area (Å²) in [5.41, 5.74) is 0.445. The van der Waals surface area contributed by atoms with Crippen LogP contribution in [0.3, 0.4) is 0 Å². The Kier molecular flexibility index (Phi) is 6.78. The quantitative estimate of drug-likeness (QED) is 0.414. The Bertz CT molecular complexity index is 452. The van der Waals surface area contributed by atoms with E-state index < -0.39 is 18.6 Å². The summed E-state index contributed by atoms with van der Waals surface area (Å²) in [4.78, 5) is 11.6. The van der Waals surface area contributed by atoms with Crippen molar-refractivity contribution in [3.8, 4) is 0 Å². The van der Waals surface area contributed by atoms with E-state index >= 15 is 0 Å². The van der Waals surface area contributed by atoms with Gasteiger partial charge in [0.15, 0.2) is 0 Å². The normalized spacial score (nSPS) is 11.8. The molecule has 0 saturated heterocycles. The average Bonchev–Trinajstić information content (AvgIpc) is 2.37. The largest absolute Gasteiger partial charge is 0.462 e. The molecule has 0 saturated carbocycles. The number of esters is 1. The van der Waals surface area contributed by atoms with Crippen molar-refractivity contribution in [2.24, 2.45) is 0 Å². The molecule has 0 amide bonds. The van der Waals surface area contributed by atoms with Crippen LogP contribution in [0.15, 0.2) is 40.9 Å². The van der Waals surface area contributed by atoms with Gasteiger partial charge < -0.3 is 4.74 Å². The molecule has 0 heterocycles. The number of carbonyl (C=O) groups excluding carboxylic acids is 1. The number of hydrogen-bond donors (Lipinski definition) is 0. The number of alkyl halides is 3. The molecular formula is C14H14BrF3O2. The van der Waals surface area contributed by atoms with Crippen LogP contribution in [0.1, 0.15) is 29.6 Å². The molecule has 0 N–H and O–H groups in total. The van der Waals surface area contributed by atoms with Gasteiger partial charge in [0.2, 0.25) is 0 Å². The lowest BCUT2D eigenvalue weighted by atomic mass is 10.2. The number of carbonyl (C=O) groups is 1. The molecule has 0 aliphatic carbocycles. The smallest absolute Gasteiger partial charge is 0.392 e. The molecule has 0 unspecified atom stereocenters.